The van der Waals surface area contributed by atoms with Gasteiger partial charge in [-0.3, -0.25) is 9.98 Å². The molecule has 34 heavy (non-hydrogen) atoms. The topological polar surface area (TPSA) is 83.6 Å². The molecule has 6 nitrogen and oxygen atoms in total. The normalized spacial score (nSPS) is 11.2. The van der Waals surface area contributed by atoms with Crippen molar-refractivity contribution in [3.63, 3.8) is 0 Å². The summed E-state index contributed by atoms with van der Waals surface area (Å²) in [4.78, 5) is 8.74. The van der Waals surface area contributed by atoms with Crippen molar-refractivity contribution < 1.29 is 19.7 Å². The number of para-hydroxylation sites is 2. The van der Waals surface area contributed by atoms with Crippen LogP contribution >= 0.6 is 0 Å². The van der Waals surface area contributed by atoms with Gasteiger partial charge in [-0.2, -0.15) is 0 Å². The zero-order valence-electron chi connectivity index (χ0n) is 18.4. The summed E-state index contributed by atoms with van der Waals surface area (Å²) in [7, 11) is 0. The minimum Gasteiger partial charge on any atom is -0.507 e. The summed E-state index contributed by atoms with van der Waals surface area (Å²) in [6.45, 7) is 0.793. The molecule has 0 aliphatic carbocycles. The third kappa shape index (κ3) is 6.46. The van der Waals surface area contributed by atoms with Gasteiger partial charge in [0.1, 0.15) is 36.2 Å². The molecule has 0 radical (unpaired) electrons. The molecule has 0 fully saturated rings. The zero-order chi connectivity index (χ0) is 23.6. The van der Waals surface area contributed by atoms with Crippen LogP contribution in [0.2, 0.25) is 0 Å². The van der Waals surface area contributed by atoms with Gasteiger partial charge < -0.3 is 19.7 Å². The van der Waals surface area contributed by atoms with E-state index in [0.29, 0.717) is 24.3 Å². The Morgan fingerprint density at radius 3 is 1.29 bits per heavy atom. The number of phenols is 2. The molecule has 170 valence electrons. The van der Waals surface area contributed by atoms with E-state index in [9.17, 15) is 10.2 Å². The molecule has 0 unspecified atom stereocenters. The SMILES string of the molecule is Oc1ccccc1C=Nc1ccc(OCCOc2ccc(N=Cc3ccccc3O)cc2)cc1. The standard InChI is InChI=1S/C28H24N2O4/c31-27-7-3-1-5-21(27)19-29-23-9-13-25(14-10-23)33-17-18-34-26-15-11-24(12-16-26)30-20-22-6-2-4-8-28(22)32/h1-16,19-20,31-32H,17-18H2. The highest BCUT2D eigenvalue weighted by atomic mass is 16.5. The third-order valence-corrected chi connectivity index (χ3v) is 4.87. The number of hydrogen-bond acceptors (Lipinski definition) is 6. The maximum absolute atomic E-state index is 9.79. The molecule has 4 aromatic rings. The molecule has 4 rings (SSSR count). The fourth-order valence-electron chi connectivity index (χ4n) is 3.06. The van der Waals surface area contributed by atoms with Crippen LogP contribution in [-0.2, 0) is 0 Å². The number of ether oxygens (including phenoxy) is 2. The Morgan fingerprint density at radius 2 is 0.912 bits per heavy atom. The minimum absolute atomic E-state index is 0.195. The maximum Gasteiger partial charge on any atom is 0.124 e. The Labute approximate surface area is 198 Å². The van der Waals surface area contributed by atoms with Gasteiger partial charge in [0.15, 0.2) is 0 Å². The van der Waals surface area contributed by atoms with E-state index in [1.54, 1.807) is 48.8 Å². The summed E-state index contributed by atoms with van der Waals surface area (Å²) in [6.07, 6.45) is 3.25. The monoisotopic (exact) mass is 452 g/mol. The summed E-state index contributed by atoms with van der Waals surface area (Å²) in [5.74, 6) is 1.83. The Morgan fingerprint density at radius 1 is 0.529 bits per heavy atom. The van der Waals surface area contributed by atoms with E-state index in [1.807, 2.05) is 60.7 Å². The van der Waals surface area contributed by atoms with Gasteiger partial charge in [-0.15, -0.1) is 0 Å². The fraction of sp³-hybridized carbons (Fsp3) is 0.0714. The van der Waals surface area contributed by atoms with Crippen molar-refractivity contribution in [2.24, 2.45) is 9.98 Å². The van der Waals surface area contributed by atoms with Gasteiger partial charge in [0.05, 0.1) is 11.4 Å². The van der Waals surface area contributed by atoms with Gasteiger partial charge in [0, 0.05) is 23.6 Å². The molecular weight excluding hydrogens is 428 g/mol. The van der Waals surface area contributed by atoms with Crippen molar-refractivity contribution in [3.05, 3.63) is 108 Å². The molecule has 0 saturated carbocycles. The van der Waals surface area contributed by atoms with Gasteiger partial charge in [0.25, 0.3) is 0 Å². The van der Waals surface area contributed by atoms with Crippen molar-refractivity contribution >= 4 is 23.8 Å². The first-order chi connectivity index (χ1) is 16.7. The lowest BCUT2D eigenvalue weighted by Crippen LogP contribution is -2.08. The van der Waals surface area contributed by atoms with Crippen molar-refractivity contribution in [1.29, 1.82) is 0 Å². The number of aromatic hydroxyl groups is 2. The van der Waals surface area contributed by atoms with Gasteiger partial charge in [-0.25, -0.2) is 0 Å². The maximum atomic E-state index is 9.79. The number of rotatable bonds is 9. The van der Waals surface area contributed by atoms with Crippen molar-refractivity contribution in [1.82, 2.24) is 0 Å². The summed E-state index contributed by atoms with van der Waals surface area (Å²) in [6, 6.07) is 28.8. The van der Waals surface area contributed by atoms with Crippen LogP contribution in [0.4, 0.5) is 11.4 Å². The average molecular weight is 453 g/mol. The van der Waals surface area contributed by atoms with E-state index >= 15 is 0 Å². The second-order valence-electron chi connectivity index (χ2n) is 7.32. The summed E-state index contributed by atoms with van der Waals surface area (Å²) in [5, 5.41) is 19.6. The molecule has 0 atom stereocenters. The van der Waals surface area contributed by atoms with Gasteiger partial charge in [-0.1, -0.05) is 24.3 Å². The number of aliphatic imine (C=N–C) groups is 2. The van der Waals surface area contributed by atoms with Crippen LogP contribution < -0.4 is 9.47 Å². The summed E-state index contributed by atoms with van der Waals surface area (Å²) < 4.78 is 11.4. The second kappa shape index (κ2) is 11.3. The van der Waals surface area contributed by atoms with Gasteiger partial charge >= 0.3 is 0 Å². The van der Waals surface area contributed by atoms with E-state index in [1.165, 1.54) is 0 Å². The number of benzene rings is 4. The van der Waals surface area contributed by atoms with E-state index in [0.717, 1.165) is 22.9 Å². The zero-order valence-corrected chi connectivity index (χ0v) is 18.4. The molecule has 0 spiro atoms. The Bertz CT molecular complexity index is 1170. The van der Waals surface area contributed by atoms with Crippen LogP contribution in [0.1, 0.15) is 11.1 Å². The third-order valence-electron chi connectivity index (χ3n) is 4.87. The molecule has 0 amide bonds. The van der Waals surface area contributed by atoms with Gasteiger partial charge in [0.2, 0.25) is 0 Å². The molecule has 0 heterocycles. The molecule has 0 saturated heterocycles. The molecule has 0 aromatic heterocycles. The van der Waals surface area contributed by atoms with Crippen molar-refractivity contribution in [2.75, 3.05) is 13.2 Å². The molecule has 0 aliphatic rings. The minimum atomic E-state index is 0.195. The molecule has 0 bridgehead atoms. The molecule has 2 N–H and O–H groups in total. The highest BCUT2D eigenvalue weighted by Gasteiger charge is 1.99. The first kappa shape index (κ1) is 22.6. The number of hydrogen-bond donors (Lipinski definition) is 2. The largest absolute Gasteiger partial charge is 0.507 e. The lowest BCUT2D eigenvalue weighted by atomic mass is 10.2. The Balaban J connectivity index is 1.21. The Hall–Kier alpha value is -4.58. The highest BCUT2D eigenvalue weighted by Crippen LogP contribution is 2.21. The first-order valence-electron chi connectivity index (χ1n) is 10.8. The highest BCUT2D eigenvalue weighted by molar-refractivity contribution is 5.85. The lowest BCUT2D eigenvalue weighted by Gasteiger charge is -2.08. The number of nitrogens with zero attached hydrogens (tertiary/aromatic N) is 2. The smallest absolute Gasteiger partial charge is 0.124 e. The summed E-state index contributed by atoms with van der Waals surface area (Å²) in [5.41, 5.74) is 2.85. The molecular formula is C28H24N2O4. The Kier molecular flexibility index (Phi) is 7.54. The van der Waals surface area contributed by atoms with E-state index in [-0.39, 0.29) is 11.5 Å². The lowest BCUT2D eigenvalue weighted by molar-refractivity contribution is 0.217. The average Bonchev–Trinajstić information content (AvgIpc) is 2.87. The second-order valence-corrected chi connectivity index (χ2v) is 7.32. The summed E-state index contributed by atoms with van der Waals surface area (Å²) >= 11 is 0. The van der Waals surface area contributed by atoms with Crippen molar-refractivity contribution in [2.45, 2.75) is 0 Å². The quantitative estimate of drug-likeness (QED) is 0.239. The van der Waals surface area contributed by atoms with Crippen molar-refractivity contribution in [3.8, 4) is 23.0 Å². The van der Waals surface area contributed by atoms with Crippen LogP contribution in [0.25, 0.3) is 0 Å². The van der Waals surface area contributed by atoms with Crippen LogP contribution in [-0.4, -0.2) is 35.9 Å². The fourth-order valence-corrected chi connectivity index (χ4v) is 3.06. The van der Waals surface area contributed by atoms with E-state index in [4.69, 9.17) is 9.47 Å². The van der Waals surface area contributed by atoms with Gasteiger partial charge in [-0.05, 0) is 72.8 Å². The molecule has 6 heteroatoms. The van der Waals surface area contributed by atoms with E-state index < -0.39 is 0 Å². The van der Waals surface area contributed by atoms with E-state index in [2.05, 4.69) is 9.98 Å². The van der Waals surface area contributed by atoms with Crippen LogP contribution in [0.15, 0.2) is 107 Å². The predicted octanol–water partition coefficient (Wildman–Crippen LogP) is 6.06. The van der Waals surface area contributed by atoms with Crippen LogP contribution in [0.3, 0.4) is 0 Å². The molecule has 0 aliphatic heterocycles. The molecule has 4 aromatic carbocycles. The van der Waals surface area contributed by atoms with Crippen LogP contribution in [0.5, 0.6) is 23.0 Å². The predicted molar refractivity (Wildman–Crippen MR) is 135 cm³/mol. The number of phenolic OH excluding ortho intramolecular Hbond substituents is 2. The first-order valence-corrected chi connectivity index (χ1v) is 10.8. The van der Waals surface area contributed by atoms with Crippen LogP contribution in [0, 0.1) is 0 Å².